The second kappa shape index (κ2) is 4.18. The summed E-state index contributed by atoms with van der Waals surface area (Å²) in [4.78, 5) is 5.88. The van der Waals surface area contributed by atoms with Crippen molar-refractivity contribution >= 4 is 11.3 Å². The number of benzene rings is 1. The maximum absolute atomic E-state index is 5.45. The Labute approximate surface area is 112 Å². The molecule has 94 valence electrons. The summed E-state index contributed by atoms with van der Waals surface area (Å²) in [6, 6.07) is 6.53. The van der Waals surface area contributed by atoms with Gasteiger partial charge < -0.3 is 4.74 Å². The van der Waals surface area contributed by atoms with Crippen LogP contribution in [0, 0.1) is 0 Å². The van der Waals surface area contributed by atoms with Crippen LogP contribution in [0.5, 0.6) is 0 Å². The summed E-state index contributed by atoms with van der Waals surface area (Å²) in [7, 11) is 0. The average molecular weight is 259 g/mol. The first-order chi connectivity index (χ1) is 8.54. The molecule has 0 atom stereocenters. The molecular weight excluding hydrogens is 242 g/mol. The van der Waals surface area contributed by atoms with Gasteiger partial charge in [0.05, 0.1) is 13.2 Å². The number of ether oxygens (including phenoxy) is 1. The van der Waals surface area contributed by atoms with Crippen molar-refractivity contribution in [3.63, 3.8) is 0 Å². The molecule has 0 radical (unpaired) electrons. The third-order valence-corrected chi connectivity index (χ3v) is 4.69. The first-order valence-corrected chi connectivity index (χ1v) is 7.02. The molecule has 0 amide bonds. The molecule has 0 fully saturated rings. The van der Waals surface area contributed by atoms with Gasteiger partial charge in [0.25, 0.3) is 0 Å². The lowest BCUT2D eigenvalue weighted by Gasteiger charge is -2.14. The van der Waals surface area contributed by atoms with Crippen LogP contribution in [0.15, 0.2) is 24.4 Å². The highest BCUT2D eigenvalue weighted by Crippen LogP contribution is 2.34. The summed E-state index contributed by atoms with van der Waals surface area (Å²) < 4.78 is 5.45. The van der Waals surface area contributed by atoms with Crippen molar-refractivity contribution in [2.45, 2.75) is 39.4 Å². The highest BCUT2D eigenvalue weighted by molar-refractivity contribution is 7.15. The normalized spacial score (nSPS) is 14.8. The third-order valence-electron chi connectivity index (χ3n) is 3.21. The molecule has 3 heteroatoms. The van der Waals surface area contributed by atoms with Crippen LogP contribution >= 0.6 is 11.3 Å². The van der Waals surface area contributed by atoms with E-state index in [1.807, 2.05) is 6.20 Å². The number of thiazole rings is 1. The number of fused-ring (bicyclic) bond motifs is 1. The SMILES string of the molecule is CC(C)(C)c1cnc(-c2ccc3c(c2)COC3)s1. The van der Waals surface area contributed by atoms with Crippen LogP contribution in [0.25, 0.3) is 10.6 Å². The van der Waals surface area contributed by atoms with E-state index in [4.69, 9.17) is 4.74 Å². The Morgan fingerprint density at radius 3 is 2.67 bits per heavy atom. The maximum Gasteiger partial charge on any atom is 0.123 e. The minimum Gasteiger partial charge on any atom is -0.372 e. The number of hydrogen-bond donors (Lipinski definition) is 0. The van der Waals surface area contributed by atoms with E-state index in [0.29, 0.717) is 0 Å². The van der Waals surface area contributed by atoms with Crippen LogP contribution in [0.2, 0.25) is 0 Å². The maximum atomic E-state index is 5.45. The predicted octanol–water partition coefficient (Wildman–Crippen LogP) is 4.14. The van der Waals surface area contributed by atoms with Gasteiger partial charge in [0.15, 0.2) is 0 Å². The largest absolute Gasteiger partial charge is 0.372 e. The fraction of sp³-hybridized carbons (Fsp3) is 0.400. The van der Waals surface area contributed by atoms with Crippen LogP contribution in [-0.2, 0) is 23.4 Å². The fourth-order valence-electron chi connectivity index (χ4n) is 2.06. The van der Waals surface area contributed by atoms with Gasteiger partial charge in [0, 0.05) is 16.6 Å². The van der Waals surface area contributed by atoms with Crippen molar-refractivity contribution < 1.29 is 4.74 Å². The summed E-state index contributed by atoms with van der Waals surface area (Å²) in [5, 5.41) is 1.11. The van der Waals surface area contributed by atoms with Crippen molar-refractivity contribution in [3.8, 4) is 10.6 Å². The van der Waals surface area contributed by atoms with E-state index in [1.165, 1.54) is 21.6 Å². The summed E-state index contributed by atoms with van der Waals surface area (Å²) in [5.74, 6) is 0. The van der Waals surface area contributed by atoms with Crippen LogP contribution in [0.3, 0.4) is 0 Å². The number of aromatic nitrogens is 1. The predicted molar refractivity (Wildman–Crippen MR) is 74.7 cm³/mol. The molecule has 0 unspecified atom stereocenters. The first-order valence-electron chi connectivity index (χ1n) is 6.20. The molecule has 0 saturated carbocycles. The zero-order chi connectivity index (χ0) is 12.8. The van der Waals surface area contributed by atoms with Gasteiger partial charge in [-0.15, -0.1) is 11.3 Å². The van der Waals surface area contributed by atoms with Gasteiger partial charge >= 0.3 is 0 Å². The van der Waals surface area contributed by atoms with E-state index in [9.17, 15) is 0 Å². The average Bonchev–Trinajstić information content (AvgIpc) is 2.96. The molecule has 0 aliphatic carbocycles. The number of nitrogens with zero attached hydrogens (tertiary/aromatic N) is 1. The Balaban J connectivity index is 1.98. The van der Waals surface area contributed by atoms with E-state index in [0.717, 1.165) is 18.2 Å². The van der Waals surface area contributed by atoms with Crippen molar-refractivity contribution in [1.82, 2.24) is 4.98 Å². The number of rotatable bonds is 1. The monoisotopic (exact) mass is 259 g/mol. The van der Waals surface area contributed by atoms with E-state index >= 15 is 0 Å². The molecule has 2 nitrogen and oxygen atoms in total. The Hall–Kier alpha value is -1.19. The first kappa shape index (κ1) is 11.9. The minimum atomic E-state index is 0.176. The van der Waals surface area contributed by atoms with Gasteiger partial charge in [-0.25, -0.2) is 4.98 Å². The molecule has 1 aromatic carbocycles. The Morgan fingerprint density at radius 1 is 1.17 bits per heavy atom. The molecule has 0 saturated heterocycles. The van der Waals surface area contributed by atoms with Gasteiger partial charge in [-0.05, 0) is 22.6 Å². The summed E-state index contributed by atoms with van der Waals surface area (Å²) in [6.45, 7) is 8.16. The molecule has 1 aliphatic rings. The molecule has 0 N–H and O–H groups in total. The Bertz CT molecular complexity index is 580. The van der Waals surface area contributed by atoms with Crippen molar-refractivity contribution in [2.75, 3.05) is 0 Å². The molecule has 2 aromatic rings. The van der Waals surface area contributed by atoms with Crippen molar-refractivity contribution in [2.24, 2.45) is 0 Å². The van der Waals surface area contributed by atoms with Gasteiger partial charge in [-0.3, -0.25) is 0 Å². The molecule has 0 bridgehead atoms. The lowest BCUT2D eigenvalue weighted by atomic mass is 9.96. The van der Waals surface area contributed by atoms with Crippen LogP contribution < -0.4 is 0 Å². The number of hydrogen-bond acceptors (Lipinski definition) is 3. The van der Waals surface area contributed by atoms with E-state index in [1.54, 1.807) is 11.3 Å². The van der Waals surface area contributed by atoms with Crippen LogP contribution in [0.4, 0.5) is 0 Å². The zero-order valence-electron chi connectivity index (χ0n) is 11.0. The molecule has 18 heavy (non-hydrogen) atoms. The van der Waals surface area contributed by atoms with E-state index < -0.39 is 0 Å². The summed E-state index contributed by atoms with van der Waals surface area (Å²) in [6.07, 6.45) is 2.00. The summed E-state index contributed by atoms with van der Waals surface area (Å²) >= 11 is 1.79. The molecule has 2 heterocycles. The smallest absolute Gasteiger partial charge is 0.123 e. The van der Waals surface area contributed by atoms with Crippen molar-refractivity contribution in [1.29, 1.82) is 0 Å². The Kier molecular flexibility index (Phi) is 2.76. The highest BCUT2D eigenvalue weighted by atomic mass is 32.1. The standard InChI is InChI=1S/C15H17NOS/c1-15(2,3)13-7-16-14(18-13)10-4-5-11-8-17-9-12(11)6-10/h4-7H,8-9H2,1-3H3. The molecule has 1 aromatic heterocycles. The van der Waals surface area contributed by atoms with Crippen LogP contribution in [-0.4, -0.2) is 4.98 Å². The van der Waals surface area contributed by atoms with Gasteiger partial charge in [-0.1, -0.05) is 32.9 Å². The lowest BCUT2D eigenvalue weighted by molar-refractivity contribution is 0.134. The van der Waals surface area contributed by atoms with Gasteiger partial charge in [0.2, 0.25) is 0 Å². The van der Waals surface area contributed by atoms with Gasteiger partial charge in [0.1, 0.15) is 5.01 Å². The van der Waals surface area contributed by atoms with Crippen molar-refractivity contribution in [3.05, 3.63) is 40.4 Å². The van der Waals surface area contributed by atoms with Gasteiger partial charge in [-0.2, -0.15) is 0 Å². The summed E-state index contributed by atoms with van der Waals surface area (Å²) in [5.41, 5.74) is 4.00. The highest BCUT2D eigenvalue weighted by Gasteiger charge is 2.18. The fourth-order valence-corrected chi connectivity index (χ4v) is 3.03. The quantitative estimate of drug-likeness (QED) is 0.768. The molecule has 1 aliphatic heterocycles. The zero-order valence-corrected chi connectivity index (χ0v) is 11.8. The molecule has 3 rings (SSSR count). The second-order valence-corrected chi connectivity index (χ2v) is 6.79. The molecule has 0 spiro atoms. The minimum absolute atomic E-state index is 0.176. The molecular formula is C15H17NOS. The lowest BCUT2D eigenvalue weighted by Crippen LogP contribution is -2.07. The van der Waals surface area contributed by atoms with E-state index in [2.05, 4.69) is 44.0 Å². The third kappa shape index (κ3) is 2.08. The topological polar surface area (TPSA) is 22.1 Å². The van der Waals surface area contributed by atoms with E-state index in [-0.39, 0.29) is 5.41 Å². The second-order valence-electron chi connectivity index (χ2n) is 5.76. The van der Waals surface area contributed by atoms with Crippen LogP contribution in [0.1, 0.15) is 36.8 Å². The Morgan fingerprint density at radius 2 is 1.94 bits per heavy atom.